The number of tetrazole rings is 1. The summed E-state index contributed by atoms with van der Waals surface area (Å²) in [5.41, 5.74) is 0.996. The van der Waals surface area contributed by atoms with E-state index in [1.165, 1.54) is 0 Å². The number of ether oxygens (including phenoxy) is 2. The molecule has 0 radical (unpaired) electrons. The summed E-state index contributed by atoms with van der Waals surface area (Å²) in [5, 5.41) is 11.6. The number of nitrogens with zero attached hydrogens (tertiary/aromatic N) is 5. The van der Waals surface area contributed by atoms with Crippen molar-refractivity contribution in [2.45, 2.75) is 19.4 Å². The summed E-state index contributed by atoms with van der Waals surface area (Å²) >= 11 is 0. The minimum absolute atomic E-state index is 0.0107. The van der Waals surface area contributed by atoms with E-state index in [0.29, 0.717) is 38.5 Å². The van der Waals surface area contributed by atoms with Crippen molar-refractivity contribution in [1.29, 1.82) is 0 Å². The summed E-state index contributed by atoms with van der Waals surface area (Å²) in [4.78, 5) is 14.8. The zero-order valence-electron chi connectivity index (χ0n) is 13.9. The maximum Gasteiger partial charge on any atom is 0.248 e. The molecule has 1 aromatic heterocycles. The molecular formula is C16H21N5O3. The van der Waals surface area contributed by atoms with E-state index in [2.05, 4.69) is 15.5 Å². The third-order valence-corrected chi connectivity index (χ3v) is 4.12. The van der Waals surface area contributed by atoms with Crippen molar-refractivity contribution in [2.75, 3.05) is 33.4 Å². The minimum atomic E-state index is -0.481. The second-order valence-corrected chi connectivity index (χ2v) is 5.68. The molecule has 1 unspecified atom stereocenters. The van der Waals surface area contributed by atoms with Crippen LogP contribution in [0.15, 0.2) is 24.3 Å². The van der Waals surface area contributed by atoms with Gasteiger partial charge in [-0.1, -0.05) is 12.1 Å². The molecular weight excluding hydrogens is 310 g/mol. The van der Waals surface area contributed by atoms with Gasteiger partial charge >= 0.3 is 0 Å². The molecule has 3 rings (SSSR count). The Labute approximate surface area is 140 Å². The van der Waals surface area contributed by atoms with E-state index in [1.807, 2.05) is 29.2 Å². The standard InChI is InChI=1S/C16H21N5O3/c1-12-17-18-19-21(12)15(16(22)20-6-8-24-9-7-20)11-13-4-3-5-14(10-13)23-2/h3-5,10,15H,6-9,11H2,1-2H3. The van der Waals surface area contributed by atoms with Crippen LogP contribution in [-0.2, 0) is 16.0 Å². The van der Waals surface area contributed by atoms with Gasteiger partial charge in [0.15, 0.2) is 0 Å². The number of hydrogen-bond acceptors (Lipinski definition) is 6. The molecule has 2 heterocycles. The highest BCUT2D eigenvalue weighted by Crippen LogP contribution is 2.21. The fraction of sp³-hybridized carbons (Fsp3) is 0.500. The minimum Gasteiger partial charge on any atom is -0.497 e. The third kappa shape index (κ3) is 3.53. The first-order valence-electron chi connectivity index (χ1n) is 7.93. The number of carbonyl (C=O) groups excluding carboxylic acids is 1. The maximum absolute atomic E-state index is 13.0. The van der Waals surface area contributed by atoms with Crippen molar-refractivity contribution in [1.82, 2.24) is 25.1 Å². The normalized spacial score (nSPS) is 16.0. The predicted molar refractivity (Wildman–Crippen MR) is 85.7 cm³/mol. The molecule has 2 aromatic rings. The number of methoxy groups -OCH3 is 1. The summed E-state index contributed by atoms with van der Waals surface area (Å²) in [7, 11) is 1.63. The van der Waals surface area contributed by atoms with Crippen molar-refractivity contribution < 1.29 is 14.3 Å². The van der Waals surface area contributed by atoms with Gasteiger partial charge in [-0.25, -0.2) is 4.68 Å². The third-order valence-electron chi connectivity index (χ3n) is 4.12. The van der Waals surface area contributed by atoms with E-state index in [9.17, 15) is 4.79 Å². The van der Waals surface area contributed by atoms with Crippen molar-refractivity contribution >= 4 is 5.91 Å². The molecule has 24 heavy (non-hydrogen) atoms. The zero-order chi connectivity index (χ0) is 16.9. The van der Waals surface area contributed by atoms with E-state index in [-0.39, 0.29) is 5.91 Å². The average Bonchev–Trinajstić information content (AvgIpc) is 3.06. The lowest BCUT2D eigenvalue weighted by Crippen LogP contribution is -2.45. The molecule has 0 aliphatic carbocycles. The van der Waals surface area contributed by atoms with Gasteiger partial charge in [-0.2, -0.15) is 0 Å². The van der Waals surface area contributed by atoms with Crippen LogP contribution in [-0.4, -0.2) is 64.4 Å². The molecule has 0 saturated carbocycles. The highest BCUT2D eigenvalue weighted by atomic mass is 16.5. The van der Waals surface area contributed by atoms with Gasteiger partial charge in [0.2, 0.25) is 5.91 Å². The van der Waals surface area contributed by atoms with Gasteiger partial charge in [-0.05, 0) is 35.0 Å². The van der Waals surface area contributed by atoms with Crippen LogP contribution in [0.4, 0.5) is 0 Å². The highest BCUT2D eigenvalue weighted by molar-refractivity contribution is 5.80. The Hall–Kier alpha value is -2.48. The van der Waals surface area contributed by atoms with Crippen LogP contribution >= 0.6 is 0 Å². The second-order valence-electron chi connectivity index (χ2n) is 5.68. The molecule has 0 bridgehead atoms. The lowest BCUT2D eigenvalue weighted by atomic mass is 10.0. The number of rotatable bonds is 5. The Bertz CT molecular complexity index is 697. The van der Waals surface area contributed by atoms with Gasteiger partial charge in [0, 0.05) is 19.5 Å². The molecule has 1 saturated heterocycles. The first kappa shape index (κ1) is 16.4. The summed E-state index contributed by atoms with van der Waals surface area (Å²) < 4.78 is 12.2. The molecule has 1 aliphatic heterocycles. The molecule has 128 valence electrons. The maximum atomic E-state index is 13.0. The Morgan fingerprint density at radius 1 is 1.38 bits per heavy atom. The van der Waals surface area contributed by atoms with Gasteiger partial charge in [0.1, 0.15) is 17.6 Å². The molecule has 0 spiro atoms. The number of benzene rings is 1. The van der Waals surface area contributed by atoms with E-state index in [1.54, 1.807) is 18.7 Å². The van der Waals surface area contributed by atoms with Crippen LogP contribution in [0.1, 0.15) is 17.4 Å². The number of aryl methyl sites for hydroxylation is 1. The van der Waals surface area contributed by atoms with E-state index >= 15 is 0 Å². The predicted octanol–water partition coefficient (Wildman–Crippen LogP) is 0.633. The van der Waals surface area contributed by atoms with Crippen LogP contribution in [0.3, 0.4) is 0 Å². The van der Waals surface area contributed by atoms with Crippen LogP contribution < -0.4 is 4.74 Å². The largest absolute Gasteiger partial charge is 0.497 e. The number of aromatic nitrogens is 4. The van der Waals surface area contributed by atoms with Gasteiger partial charge in [-0.3, -0.25) is 4.79 Å². The smallest absolute Gasteiger partial charge is 0.248 e. The quantitative estimate of drug-likeness (QED) is 0.799. The van der Waals surface area contributed by atoms with Gasteiger partial charge in [0.05, 0.1) is 20.3 Å². The first-order chi connectivity index (χ1) is 11.7. The summed E-state index contributed by atoms with van der Waals surface area (Å²) in [6.45, 7) is 4.10. The number of carbonyl (C=O) groups is 1. The lowest BCUT2D eigenvalue weighted by Gasteiger charge is -2.30. The fourth-order valence-electron chi connectivity index (χ4n) is 2.82. The van der Waals surface area contributed by atoms with Crippen molar-refractivity contribution in [3.8, 4) is 5.75 Å². The SMILES string of the molecule is COc1cccc(CC(C(=O)N2CCOCC2)n2nnnc2C)c1. The number of hydrogen-bond donors (Lipinski definition) is 0. The zero-order valence-corrected chi connectivity index (χ0v) is 13.9. The van der Waals surface area contributed by atoms with Crippen LogP contribution in [0, 0.1) is 6.92 Å². The van der Waals surface area contributed by atoms with Crippen molar-refractivity contribution in [2.24, 2.45) is 0 Å². The fourth-order valence-corrected chi connectivity index (χ4v) is 2.82. The molecule has 1 atom stereocenters. The Morgan fingerprint density at radius 2 is 2.17 bits per heavy atom. The molecule has 8 heteroatoms. The second kappa shape index (κ2) is 7.39. The van der Waals surface area contributed by atoms with E-state index in [0.717, 1.165) is 11.3 Å². The monoisotopic (exact) mass is 331 g/mol. The Balaban J connectivity index is 1.87. The summed E-state index contributed by atoms with van der Waals surface area (Å²) in [6, 6.07) is 7.22. The molecule has 1 fully saturated rings. The van der Waals surface area contributed by atoms with Gasteiger partial charge < -0.3 is 14.4 Å². The number of amides is 1. The molecule has 0 N–H and O–H groups in total. The van der Waals surface area contributed by atoms with Gasteiger partial charge in [0.25, 0.3) is 0 Å². The number of morpholine rings is 1. The van der Waals surface area contributed by atoms with Crippen molar-refractivity contribution in [3.63, 3.8) is 0 Å². The Kier molecular flexibility index (Phi) is 5.05. The highest BCUT2D eigenvalue weighted by Gasteiger charge is 2.29. The van der Waals surface area contributed by atoms with Crippen LogP contribution in [0.2, 0.25) is 0 Å². The summed E-state index contributed by atoms with van der Waals surface area (Å²) in [5.74, 6) is 1.39. The molecule has 1 aromatic carbocycles. The Morgan fingerprint density at radius 3 is 2.83 bits per heavy atom. The first-order valence-corrected chi connectivity index (χ1v) is 7.93. The van der Waals surface area contributed by atoms with Crippen LogP contribution in [0.25, 0.3) is 0 Å². The van der Waals surface area contributed by atoms with Crippen molar-refractivity contribution in [3.05, 3.63) is 35.7 Å². The lowest BCUT2D eigenvalue weighted by molar-refractivity contribution is -0.139. The van der Waals surface area contributed by atoms with E-state index in [4.69, 9.17) is 9.47 Å². The van der Waals surface area contributed by atoms with Gasteiger partial charge in [-0.15, -0.1) is 5.10 Å². The molecule has 8 nitrogen and oxygen atoms in total. The average molecular weight is 331 g/mol. The summed E-state index contributed by atoms with van der Waals surface area (Å²) in [6.07, 6.45) is 0.499. The topological polar surface area (TPSA) is 82.4 Å². The molecule has 1 aliphatic rings. The van der Waals surface area contributed by atoms with Crippen LogP contribution in [0.5, 0.6) is 5.75 Å². The molecule has 1 amide bonds. The van der Waals surface area contributed by atoms with E-state index < -0.39 is 6.04 Å².